The second-order valence-corrected chi connectivity index (χ2v) is 7.77. The molecule has 33 heavy (non-hydrogen) atoms. The van der Waals surface area contributed by atoms with Gasteiger partial charge in [0.25, 0.3) is 0 Å². The van der Waals surface area contributed by atoms with Crippen LogP contribution in [-0.4, -0.2) is 40.7 Å². The summed E-state index contributed by atoms with van der Waals surface area (Å²) >= 11 is 0. The number of fused-ring (bicyclic) bond motifs is 3. The van der Waals surface area contributed by atoms with Crippen LogP contribution in [-0.2, 0) is 16.1 Å². The van der Waals surface area contributed by atoms with E-state index in [-0.39, 0.29) is 24.8 Å². The molecule has 0 radical (unpaired) electrons. The number of carboxylic acids is 1. The topological polar surface area (TPSA) is 118 Å². The Hall–Kier alpha value is -4.20. The highest BCUT2D eigenvalue weighted by Crippen LogP contribution is 2.44. The van der Waals surface area contributed by atoms with Crippen molar-refractivity contribution >= 4 is 18.0 Å². The molecule has 8 nitrogen and oxygen atoms in total. The van der Waals surface area contributed by atoms with E-state index >= 15 is 0 Å². The molecule has 0 saturated heterocycles. The molecule has 1 heterocycles. The third-order valence-electron chi connectivity index (χ3n) is 5.58. The number of carbonyl (C=O) groups excluding carboxylic acids is 2. The fourth-order valence-electron chi connectivity index (χ4n) is 3.88. The van der Waals surface area contributed by atoms with Gasteiger partial charge in [0.2, 0.25) is 5.91 Å². The lowest BCUT2D eigenvalue weighted by atomic mass is 9.98. The largest absolute Gasteiger partial charge is 0.477 e. The minimum Gasteiger partial charge on any atom is -0.477 e. The van der Waals surface area contributed by atoms with Crippen molar-refractivity contribution < 1.29 is 24.2 Å². The van der Waals surface area contributed by atoms with Gasteiger partial charge in [0.1, 0.15) is 18.3 Å². The van der Waals surface area contributed by atoms with Gasteiger partial charge in [-0.2, -0.15) is 0 Å². The lowest BCUT2D eigenvalue weighted by Gasteiger charge is -2.17. The molecule has 0 bridgehead atoms. The Labute approximate surface area is 190 Å². The molecule has 0 aliphatic heterocycles. The van der Waals surface area contributed by atoms with E-state index in [2.05, 4.69) is 27.8 Å². The predicted octanol–water partition coefficient (Wildman–Crippen LogP) is 3.32. The number of nitrogens with one attached hydrogen (secondary N) is 2. The second-order valence-electron chi connectivity index (χ2n) is 7.77. The number of hydrogen-bond donors (Lipinski definition) is 3. The summed E-state index contributed by atoms with van der Waals surface area (Å²) in [5.74, 6) is -1.58. The summed E-state index contributed by atoms with van der Waals surface area (Å²) in [4.78, 5) is 39.3. The van der Waals surface area contributed by atoms with Gasteiger partial charge in [0, 0.05) is 18.7 Å². The molecule has 168 valence electrons. The maximum absolute atomic E-state index is 12.3. The zero-order valence-corrected chi connectivity index (χ0v) is 17.9. The third-order valence-corrected chi connectivity index (χ3v) is 5.58. The monoisotopic (exact) mass is 445 g/mol. The number of carboxylic acid groups (broad SMARTS) is 1. The Morgan fingerprint density at radius 1 is 1.00 bits per heavy atom. The summed E-state index contributed by atoms with van der Waals surface area (Å²) in [6, 6.07) is 18.2. The average molecular weight is 445 g/mol. The van der Waals surface area contributed by atoms with Crippen LogP contribution < -0.4 is 10.6 Å². The van der Waals surface area contributed by atoms with Crippen LogP contribution in [0.4, 0.5) is 4.79 Å². The molecule has 2 aromatic carbocycles. The van der Waals surface area contributed by atoms with Gasteiger partial charge in [0.15, 0.2) is 0 Å². The molecule has 1 aliphatic rings. The van der Waals surface area contributed by atoms with E-state index in [1.807, 2.05) is 36.4 Å². The van der Waals surface area contributed by atoms with Crippen molar-refractivity contribution in [3.8, 4) is 11.1 Å². The Morgan fingerprint density at radius 3 is 2.21 bits per heavy atom. The first-order chi connectivity index (χ1) is 15.9. The maximum Gasteiger partial charge on any atom is 0.407 e. The first kappa shape index (κ1) is 22.0. The lowest BCUT2D eigenvalue weighted by Crippen LogP contribution is -2.45. The van der Waals surface area contributed by atoms with Crippen molar-refractivity contribution in [1.29, 1.82) is 0 Å². The summed E-state index contributed by atoms with van der Waals surface area (Å²) in [5.41, 5.74) is 5.07. The number of hydrogen-bond acceptors (Lipinski definition) is 5. The van der Waals surface area contributed by atoms with E-state index < -0.39 is 24.0 Å². The van der Waals surface area contributed by atoms with E-state index in [0.717, 1.165) is 22.3 Å². The van der Waals surface area contributed by atoms with Crippen LogP contribution in [0.15, 0.2) is 66.9 Å². The Balaban J connectivity index is 1.29. The summed E-state index contributed by atoms with van der Waals surface area (Å²) in [7, 11) is 0. The zero-order chi connectivity index (χ0) is 23.4. The van der Waals surface area contributed by atoms with Gasteiger partial charge >= 0.3 is 12.1 Å². The van der Waals surface area contributed by atoms with Gasteiger partial charge in [-0.1, -0.05) is 54.6 Å². The number of pyridine rings is 1. The van der Waals surface area contributed by atoms with Crippen LogP contribution in [0.25, 0.3) is 11.1 Å². The second kappa shape index (κ2) is 9.52. The smallest absolute Gasteiger partial charge is 0.407 e. The fraction of sp³-hybridized carbons (Fsp3) is 0.200. The molecule has 4 rings (SSSR count). The van der Waals surface area contributed by atoms with Crippen LogP contribution >= 0.6 is 0 Å². The first-order valence-corrected chi connectivity index (χ1v) is 10.5. The van der Waals surface area contributed by atoms with Crippen molar-refractivity contribution in [3.05, 3.63) is 89.2 Å². The van der Waals surface area contributed by atoms with Gasteiger partial charge in [-0.15, -0.1) is 0 Å². The van der Waals surface area contributed by atoms with Crippen LogP contribution in [0, 0.1) is 0 Å². The molecule has 0 unspecified atom stereocenters. The summed E-state index contributed by atoms with van der Waals surface area (Å²) in [6.07, 6.45) is 0.708. The SMILES string of the molecule is C[C@@H](NC(=O)OCC1c2ccccc2-c2ccccc21)C(=O)NCc1ccc(C(=O)O)nc1. The third kappa shape index (κ3) is 4.85. The number of benzene rings is 2. The van der Waals surface area contributed by atoms with Gasteiger partial charge in [-0.25, -0.2) is 14.6 Å². The normalized spacial score (nSPS) is 12.9. The van der Waals surface area contributed by atoms with Gasteiger partial charge in [0.05, 0.1) is 0 Å². The standard InChI is InChI=1S/C25H23N3O5/c1-15(23(29)27-13-16-10-11-22(24(30)31)26-12-16)28-25(32)33-14-21-19-8-4-2-6-17(19)18-7-3-5-9-20(18)21/h2-12,15,21H,13-14H2,1H3,(H,27,29)(H,28,32)(H,30,31)/t15-/m1/s1. The van der Waals surface area contributed by atoms with Crippen LogP contribution in [0.5, 0.6) is 0 Å². The number of carbonyl (C=O) groups is 3. The number of ether oxygens (including phenoxy) is 1. The van der Waals surface area contributed by atoms with Crippen molar-refractivity contribution in [3.63, 3.8) is 0 Å². The molecule has 1 aromatic heterocycles. The predicted molar refractivity (Wildman–Crippen MR) is 121 cm³/mol. The molecule has 2 amide bonds. The summed E-state index contributed by atoms with van der Waals surface area (Å²) < 4.78 is 5.46. The average Bonchev–Trinajstić information content (AvgIpc) is 3.15. The van der Waals surface area contributed by atoms with E-state index in [9.17, 15) is 14.4 Å². The van der Waals surface area contributed by atoms with Crippen molar-refractivity contribution in [2.24, 2.45) is 0 Å². The highest BCUT2D eigenvalue weighted by atomic mass is 16.5. The minimum atomic E-state index is -1.12. The molecule has 0 saturated carbocycles. The molecule has 3 aromatic rings. The maximum atomic E-state index is 12.3. The van der Waals surface area contributed by atoms with Crippen LogP contribution in [0.2, 0.25) is 0 Å². The van der Waals surface area contributed by atoms with Gasteiger partial charge in [-0.05, 0) is 40.8 Å². The van der Waals surface area contributed by atoms with Crippen LogP contribution in [0.1, 0.15) is 40.0 Å². The Kier molecular flexibility index (Phi) is 6.35. The van der Waals surface area contributed by atoms with Crippen molar-refractivity contribution in [2.45, 2.75) is 25.4 Å². The number of aromatic carboxylic acids is 1. The molecule has 3 N–H and O–H groups in total. The molecule has 0 fully saturated rings. The van der Waals surface area contributed by atoms with E-state index in [1.54, 1.807) is 13.0 Å². The van der Waals surface area contributed by atoms with Gasteiger partial charge in [-0.3, -0.25) is 4.79 Å². The molecular formula is C25H23N3O5. The number of alkyl carbamates (subject to hydrolysis) is 1. The molecular weight excluding hydrogens is 422 g/mol. The number of amides is 2. The van der Waals surface area contributed by atoms with Crippen molar-refractivity contribution in [2.75, 3.05) is 6.61 Å². The molecule has 8 heteroatoms. The summed E-state index contributed by atoms with van der Waals surface area (Å²) in [6.45, 7) is 1.88. The number of nitrogens with zero attached hydrogens (tertiary/aromatic N) is 1. The van der Waals surface area contributed by atoms with E-state index in [4.69, 9.17) is 9.84 Å². The Bertz CT molecular complexity index is 1150. The first-order valence-electron chi connectivity index (χ1n) is 10.5. The van der Waals surface area contributed by atoms with E-state index in [0.29, 0.717) is 5.56 Å². The summed E-state index contributed by atoms with van der Waals surface area (Å²) in [5, 5.41) is 14.1. The Morgan fingerprint density at radius 2 is 1.64 bits per heavy atom. The molecule has 1 aliphatic carbocycles. The zero-order valence-electron chi connectivity index (χ0n) is 17.9. The van der Waals surface area contributed by atoms with Gasteiger partial charge < -0.3 is 20.5 Å². The highest BCUT2D eigenvalue weighted by Gasteiger charge is 2.29. The molecule has 1 atom stereocenters. The molecule has 0 spiro atoms. The van der Waals surface area contributed by atoms with Crippen LogP contribution in [0.3, 0.4) is 0 Å². The number of rotatable bonds is 7. The lowest BCUT2D eigenvalue weighted by molar-refractivity contribution is -0.122. The fourth-order valence-corrected chi connectivity index (χ4v) is 3.88. The van der Waals surface area contributed by atoms with E-state index in [1.165, 1.54) is 12.3 Å². The quantitative estimate of drug-likeness (QED) is 0.514. The highest BCUT2D eigenvalue weighted by molar-refractivity contribution is 5.86. The minimum absolute atomic E-state index is 0.0615. The van der Waals surface area contributed by atoms with Crippen molar-refractivity contribution in [1.82, 2.24) is 15.6 Å². The number of aromatic nitrogens is 1.